The van der Waals surface area contributed by atoms with Crippen LogP contribution in [0.5, 0.6) is 0 Å². The minimum atomic E-state index is 0.514. The zero-order valence-corrected chi connectivity index (χ0v) is 10.5. The minimum absolute atomic E-state index is 0.514. The number of rotatable bonds is 3. The lowest BCUT2D eigenvalue weighted by Crippen LogP contribution is -2.43. The lowest BCUT2D eigenvalue weighted by Gasteiger charge is -2.44. The zero-order chi connectivity index (χ0) is 11.0. The number of fused-ring (bicyclic) bond motifs is 1. The quantitative estimate of drug-likeness (QED) is 0.785. The van der Waals surface area contributed by atoms with E-state index >= 15 is 0 Å². The molecule has 0 amide bonds. The standard InChI is InChI=1S/C14H19NS/c16-11-14(7-3-8-14)10-15-9-6-12-4-1-2-5-13(12)15/h1-2,4-5,16H,3,6-11H2. The van der Waals surface area contributed by atoms with Gasteiger partial charge in [0.2, 0.25) is 0 Å². The van der Waals surface area contributed by atoms with Gasteiger partial charge in [0.25, 0.3) is 0 Å². The molecule has 0 radical (unpaired) electrons. The molecule has 16 heavy (non-hydrogen) atoms. The van der Waals surface area contributed by atoms with Gasteiger partial charge in [0.15, 0.2) is 0 Å². The van der Waals surface area contributed by atoms with Gasteiger partial charge in [-0.1, -0.05) is 24.6 Å². The molecule has 1 aliphatic heterocycles. The van der Waals surface area contributed by atoms with Crippen molar-refractivity contribution >= 4 is 18.3 Å². The summed E-state index contributed by atoms with van der Waals surface area (Å²) in [5.74, 6) is 1.05. The molecule has 0 N–H and O–H groups in total. The average molecular weight is 233 g/mol. The van der Waals surface area contributed by atoms with Crippen LogP contribution in [0.1, 0.15) is 24.8 Å². The number of hydrogen-bond acceptors (Lipinski definition) is 2. The van der Waals surface area contributed by atoms with Crippen molar-refractivity contribution < 1.29 is 0 Å². The van der Waals surface area contributed by atoms with Crippen LogP contribution in [0.15, 0.2) is 24.3 Å². The minimum Gasteiger partial charge on any atom is -0.370 e. The summed E-state index contributed by atoms with van der Waals surface area (Å²) in [5.41, 5.74) is 3.51. The third-order valence-electron chi connectivity index (χ3n) is 4.26. The Morgan fingerprint density at radius 2 is 2.06 bits per heavy atom. The maximum Gasteiger partial charge on any atom is 0.0399 e. The summed E-state index contributed by atoms with van der Waals surface area (Å²) < 4.78 is 0. The van der Waals surface area contributed by atoms with E-state index < -0.39 is 0 Å². The molecule has 2 heteroatoms. The van der Waals surface area contributed by atoms with Crippen LogP contribution >= 0.6 is 12.6 Å². The van der Waals surface area contributed by atoms with Gasteiger partial charge in [0.05, 0.1) is 0 Å². The molecule has 1 fully saturated rings. The highest BCUT2D eigenvalue weighted by Crippen LogP contribution is 2.44. The van der Waals surface area contributed by atoms with Crippen molar-refractivity contribution in [2.75, 3.05) is 23.7 Å². The molecular formula is C14H19NS. The fourth-order valence-corrected chi connectivity index (χ4v) is 3.43. The van der Waals surface area contributed by atoms with Crippen molar-refractivity contribution in [3.63, 3.8) is 0 Å². The molecule has 0 unspecified atom stereocenters. The average Bonchev–Trinajstić information content (AvgIpc) is 2.67. The second kappa shape index (κ2) is 3.99. The Morgan fingerprint density at radius 3 is 2.75 bits per heavy atom. The Kier molecular flexibility index (Phi) is 2.62. The molecule has 0 spiro atoms. The van der Waals surface area contributed by atoms with Gasteiger partial charge in [-0.3, -0.25) is 0 Å². The van der Waals surface area contributed by atoms with Crippen LogP contribution in [0.25, 0.3) is 0 Å². The molecule has 1 heterocycles. The number of para-hydroxylation sites is 1. The summed E-state index contributed by atoms with van der Waals surface area (Å²) in [7, 11) is 0. The van der Waals surface area contributed by atoms with Crippen LogP contribution in [0.3, 0.4) is 0 Å². The fraction of sp³-hybridized carbons (Fsp3) is 0.571. The summed E-state index contributed by atoms with van der Waals surface area (Å²) in [6, 6.07) is 8.85. The summed E-state index contributed by atoms with van der Waals surface area (Å²) in [4.78, 5) is 2.57. The number of benzene rings is 1. The van der Waals surface area contributed by atoms with E-state index in [1.807, 2.05) is 0 Å². The molecule has 0 aromatic heterocycles. The summed E-state index contributed by atoms with van der Waals surface area (Å²) in [5, 5.41) is 0. The first-order valence-electron chi connectivity index (χ1n) is 6.27. The largest absolute Gasteiger partial charge is 0.370 e. The molecule has 0 bridgehead atoms. The van der Waals surface area contributed by atoms with Crippen LogP contribution < -0.4 is 4.90 Å². The van der Waals surface area contributed by atoms with Crippen LogP contribution in [0.4, 0.5) is 5.69 Å². The molecule has 1 aliphatic carbocycles. The van der Waals surface area contributed by atoms with Crippen molar-refractivity contribution in [2.24, 2.45) is 5.41 Å². The van der Waals surface area contributed by atoms with E-state index in [1.165, 1.54) is 50.0 Å². The predicted molar refractivity (Wildman–Crippen MR) is 72.5 cm³/mol. The maximum atomic E-state index is 4.55. The van der Waals surface area contributed by atoms with Gasteiger partial charge in [0.1, 0.15) is 0 Å². The first kappa shape index (κ1) is 10.5. The van der Waals surface area contributed by atoms with Crippen molar-refractivity contribution in [3.05, 3.63) is 29.8 Å². The first-order chi connectivity index (χ1) is 7.83. The SMILES string of the molecule is SCC1(CN2CCc3ccccc32)CCC1. The van der Waals surface area contributed by atoms with Gasteiger partial charge >= 0.3 is 0 Å². The highest BCUT2D eigenvalue weighted by Gasteiger charge is 2.38. The molecular weight excluding hydrogens is 214 g/mol. The number of anilines is 1. The van der Waals surface area contributed by atoms with Gasteiger partial charge in [-0.25, -0.2) is 0 Å². The fourth-order valence-electron chi connectivity index (χ4n) is 3.02. The number of hydrogen-bond donors (Lipinski definition) is 1. The lowest BCUT2D eigenvalue weighted by molar-refractivity contribution is 0.176. The third-order valence-corrected chi connectivity index (χ3v) is 4.93. The molecule has 86 valence electrons. The Balaban J connectivity index is 1.78. The topological polar surface area (TPSA) is 3.24 Å². The Morgan fingerprint density at radius 1 is 1.25 bits per heavy atom. The zero-order valence-electron chi connectivity index (χ0n) is 9.65. The summed E-state index contributed by atoms with van der Waals surface area (Å²) in [6.45, 7) is 2.42. The van der Waals surface area contributed by atoms with Crippen molar-refractivity contribution in [1.29, 1.82) is 0 Å². The van der Waals surface area contributed by atoms with Gasteiger partial charge in [-0.15, -0.1) is 0 Å². The van der Waals surface area contributed by atoms with E-state index in [0.29, 0.717) is 5.41 Å². The van der Waals surface area contributed by atoms with Crippen molar-refractivity contribution in [2.45, 2.75) is 25.7 Å². The number of thiol groups is 1. The molecule has 1 saturated carbocycles. The first-order valence-corrected chi connectivity index (χ1v) is 6.90. The highest BCUT2D eigenvalue weighted by atomic mass is 32.1. The number of nitrogens with zero attached hydrogens (tertiary/aromatic N) is 1. The molecule has 2 aliphatic rings. The highest BCUT2D eigenvalue weighted by molar-refractivity contribution is 7.80. The van der Waals surface area contributed by atoms with Crippen molar-refractivity contribution in [3.8, 4) is 0 Å². The van der Waals surface area contributed by atoms with Crippen LogP contribution in [-0.4, -0.2) is 18.8 Å². The van der Waals surface area contributed by atoms with Crippen LogP contribution in [0.2, 0.25) is 0 Å². The predicted octanol–water partition coefficient (Wildman–Crippen LogP) is 3.15. The van der Waals surface area contributed by atoms with Crippen molar-refractivity contribution in [1.82, 2.24) is 0 Å². The van der Waals surface area contributed by atoms with E-state index in [-0.39, 0.29) is 0 Å². The van der Waals surface area contributed by atoms with E-state index in [2.05, 4.69) is 41.8 Å². The molecule has 1 aromatic rings. The lowest BCUT2D eigenvalue weighted by atomic mass is 9.70. The molecule has 1 aromatic carbocycles. The third kappa shape index (κ3) is 1.64. The summed E-state index contributed by atoms with van der Waals surface area (Å²) in [6.07, 6.45) is 5.36. The van der Waals surface area contributed by atoms with Gasteiger partial charge in [-0.05, 0) is 42.1 Å². The maximum absolute atomic E-state index is 4.55. The summed E-state index contributed by atoms with van der Waals surface area (Å²) >= 11 is 4.55. The Bertz CT molecular complexity index is 379. The van der Waals surface area contributed by atoms with Gasteiger partial charge in [-0.2, -0.15) is 12.6 Å². The van der Waals surface area contributed by atoms with E-state index in [0.717, 1.165) is 5.75 Å². The monoisotopic (exact) mass is 233 g/mol. The molecule has 0 atom stereocenters. The van der Waals surface area contributed by atoms with Crippen LogP contribution in [-0.2, 0) is 6.42 Å². The molecule has 3 rings (SSSR count). The van der Waals surface area contributed by atoms with Gasteiger partial charge in [0, 0.05) is 18.8 Å². The second-order valence-corrected chi connectivity index (χ2v) is 5.63. The Hall–Kier alpha value is -0.630. The van der Waals surface area contributed by atoms with E-state index in [1.54, 1.807) is 0 Å². The van der Waals surface area contributed by atoms with E-state index in [9.17, 15) is 0 Å². The van der Waals surface area contributed by atoms with Gasteiger partial charge < -0.3 is 4.90 Å². The molecule has 0 saturated heterocycles. The van der Waals surface area contributed by atoms with E-state index in [4.69, 9.17) is 0 Å². The second-order valence-electron chi connectivity index (χ2n) is 5.31. The molecule has 1 nitrogen and oxygen atoms in total. The normalized spacial score (nSPS) is 21.7. The Labute approximate surface area is 103 Å². The van der Waals surface area contributed by atoms with Crippen LogP contribution in [0, 0.1) is 5.41 Å². The smallest absolute Gasteiger partial charge is 0.0399 e.